The van der Waals surface area contributed by atoms with Crippen LogP contribution in [0, 0.1) is 16.7 Å². The molecule has 5 nitrogen and oxygen atoms in total. The Morgan fingerprint density at radius 1 is 1.33 bits per heavy atom. The third-order valence-electron chi connectivity index (χ3n) is 4.07. The van der Waals surface area contributed by atoms with E-state index < -0.39 is 11.5 Å². The van der Waals surface area contributed by atoms with Crippen molar-refractivity contribution < 1.29 is 14.3 Å². The van der Waals surface area contributed by atoms with Crippen LogP contribution in [0.1, 0.15) is 38.5 Å². The first kappa shape index (κ1) is 12.9. The Kier molecular flexibility index (Phi) is 3.55. The smallest absolute Gasteiger partial charge is 0.328 e. The molecule has 0 aromatic heterocycles. The second kappa shape index (κ2) is 4.97. The van der Waals surface area contributed by atoms with E-state index in [-0.39, 0.29) is 11.9 Å². The summed E-state index contributed by atoms with van der Waals surface area (Å²) in [5.74, 6) is -0.540. The molecule has 0 aromatic rings. The maximum absolute atomic E-state index is 12.5. The molecule has 1 saturated heterocycles. The average Bonchev–Trinajstić information content (AvgIpc) is 2.37. The van der Waals surface area contributed by atoms with Gasteiger partial charge in [0.05, 0.1) is 13.2 Å². The van der Waals surface area contributed by atoms with Gasteiger partial charge in [-0.3, -0.25) is 4.79 Å². The molecule has 1 aliphatic heterocycles. The van der Waals surface area contributed by atoms with Gasteiger partial charge in [0.15, 0.2) is 0 Å². The Morgan fingerprint density at radius 3 is 2.56 bits per heavy atom. The number of rotatable bonds is 2. The van der Waals surface area contributed by atoms with E-state index in [0.29, 0.717) is 25.8 Å². The molecule has 0 bridgehead atoms. The summed E-state index contributed by atoms with van der Waals surface area (Å²) in [6, 6.07) is 1.65. The van der Waals surface area contributed by atoms with E-state index in [1.165, 1.54) is 7.11 Å². The zero-order valence-electron chi connectivity index (χ0n) is 10.6. The summed E-state index contributed by atoms with van der Waals surface area (Å²) in [5, 5.41) is 9.21. The Morgan fingerprint density at radius 2 is 2.06 bits per heavy atom. The molecule has 1 amide bonds. The Hall–Kier alpha value is -1.57. The first-order chi connectivity index (χ1) is 8.64. The third kappa shape index (κ3) is 1.96. The second-order valence-electron chi connectivity index (χ2n) is 5.08. The van der Waals surface area contributed by atoms with Gasteiger partial charge in [-0.05, 0) is 38.5 Å². The molecular weight excluding hydrogens is 232 g/mol. The number of nitriles is 1. The minimum absolute atomic E-state index is 0.175. The number of carbonyl (C=O) groups excluding carboxylic acids is 2. The third-order valence-corrected chi connectivity index (χ3v) is 4.07. The van der Waals surface area contributed by atoms with Crippen LogP contribution < -0.4 is 0 Å². The number of esters is 1. The van der Waals surface area contributed by atoms with E-state index in [0.717, 1.165) is 19.3 Å². The molecule has 1 heterocycles. The number of likely N-dealkylation sites (tertiary alicyclic amines) is 1. The summed E-state index contributed by atoms with van der Waals surface area (Å²) in [7, 11) is 1.34. The quantitative estimate of drug-likeness (QED) is 0.691. The van der Waals surface area contributed by atoms with Crippen LogP contribution >= 0.6 is 0 Å². The van der Waals surface area contributed by atoms with Crippen molar-refractivity contribution in [1.82, 2.24) is 4.90 Å². The Bertz CT molecular complexity index is 396. The van der Waals surface area contributed by atoms with Crippen LogP contribution in [0.15, 0.2) is 0 Å². The van der Waals surface area contributed by atoms with Crippen molar-refractivity contribution in [1.29, 1.82) is 5.26 Å². The molecule has 1 aliphatic carbocycles. The highest BCUT2D eigenvalue weighted by molar-refractivity contribution is 5.90. The van der Waals surface area contributed by atoms with Crippen LogP contribution in [0.2, 0.25) is 0 Å². The van der Waals surface area contributed by atoms with Gasteiger partial charge in [-0.1, -0.05) is 0 Å². The molecule has 2 rings (SSSR count). The van der Waals surface area contributed by atoms with Crippen LogP contribution in [0.25, 0.3) is 0 Å². The second-order valence-corrected chi connectivity index (χ2v) is 5.08. The zero-order chi connectivity index (χ0) is 13.2. The molecule has 2 aliphatic rings. The molecule has 98 valence electrons. The number of carbonyl (C=O) groups is 2. The summed E-state index contributed by atoms with van der Waals surface area (Å²) in [6.07, 6.45) is 4.60. The van der Waals surface area contributed by atoms with Gasteiger partial charge in [-0.25, -0.2) is 4.79 Å². The van der Waals surface area contributed by atoms with Crippen molar-refractivity contribution in [3.05, 3.63) is 0 Å². The predicted molar refractivity (Wildman–Crippen MR) is 63.3 cm³/mol. The van der Waals surface area contributed by atoms with E-state index in [4.69, 9.17) is 4.74 Å². The van der Waals surface area contributed by atoms with Crippen molar-refractivity contribution in [2.45, 2.75) is 44.6 Å². The lowest BCUT2D eigenvalue weighted by Gasteiger charge is -2.42. The highest BCUT2D eigenvalue weighted by atomic mass is 16.5. The van der Waals surface area contributed by atoms with Gasteiger partial charge in [0.2, 0.25) is 5.91 Å². The number of ether oxygens (including phenoxy) is 1. The normalized spacial score (nSPS) is 25.8. The summed E-state index contributed by atoms with van der Waals surface area (Å²) in [6.45, 7) is 0.558. The van der Waals surface area contributed by atoms with Gasteiger partial charge in [0, 0.05) is 6.54 Å². The fourth-order valence-corrected chi connectivity index (χ4v) is 2.73. The minimum Gasteiger partial charge on any atom is -0.467 e. The SMILES string of the molecule is COC(=O)C1CCCCN1C(=O)C1(C#N)CCC1. The number of nitrogens with zero attached hydrogens (tertiary/aromatic N) is 2. The van der Waals surface area contributed by atoms with E-state index >= 15 is 0 Å². The van der Waals surface area contributed by atoms with Crippen LogP contribution in [0.3, 0.4) is 0 Å². The number of amides is 1. The first-order valence-electron chi connectivity index (χ1n) is 6.45. The topological polar surface area (TPSA) is 70.4 Å². The Labute approximate surface area is 107 Å². The van der Waals surface area contributed by atoms with Crippen molar-refractivity contribution in [3.63, 3.8) is 0 Å². The van der Waals surface area contributed by atoms with Crippen LogP contribution in [-0.4, -0.2) is 36.5 Å². The molecule has 5 heteroatoms. The van der Waals surface area contributed by atoms with Crippen molar-refractivity contribution in [3.8, 4) is 6.07 Å². The van der Waals surface area contributed by atoms with E-state index in [9.17, 15) is 14.9 Å². The van der Waals surface area contributed by atoms with E-state index in [1.807, 2.05) is 0 Å². The zero-order valence-corrected chi connectivity index (χ0v) is 10.6. The summed E-state index contributed by atoms with van der Waals surface area (Å²) in [5.41, 5.74) is -0.871. The van der Waals surface area contributed by atoms with Crippen molar-refractivity contribution >= 4 is 11.9 Å². The number of piperidine rings is 1. The molecule has 0 spiro atoms. The van der Waals surface area contributed by atoms with Gasteiger partial charge < -0.3 is 9.64 Å². The summed E-state index contributed by atoms with van der Waals surface area (Å²) < 4.78 is 4.75. The van der Waals surface area contributed by atoms with Gasteiger partial charge in [0.1, 0.15) is 11.5 Å². The molecule has 2 fully saturated rings. The summed E-state index contributed by atoms with van der Waals surface area (Å²) >= 11 is 0. The predicted octanol–water partition coefficient (Wildman–Crippen LogP) is 1.23. The van der Waals surface area contributed by atoms with E-state index in [2.05, 4.69) is 6.07 Å². The highest BCUT2D eigenvalue weighted by Gasteiger charge is 2.49. The largest absolute Gasteiger partial charge is 0.467 e. The van der Waals surface area contributed by atoms with Crippen LogP contribution in [-0.2, 0) is 14.3 Å². The van der Waals surface area contributed by atoms with Crippen molar-refractivity contribution in [2.24, 2.45) is 5.41 Å². The van der Waals surface area contributed by atoms with Crippen LogP contribution in [0.5, 0.6) is 0 Å². The monoisotopic (exact) mass is 250 g/mol. The van der Waals surface area contributed by atoms with Gasteiger partial charge in [-0.2, -0.15) is 5.26 Å². The van der Waals surface area contributed by atoms with Crippen LogP contribution in [0.4, 0.5) is 0 Å². The summed E-state index contributed by atoms with van der Waals surface area (Å²) in [4.78, 5) is 25.7. The lowest BCUT2D eigenvalue weighted by molar-refractivity contribution is -0.159. The number of hydrogen-bond donors (Lipinski definition) is 0. The Balaban J connectivity index is 2.16. The maximum atomic E-state index is 12.5. The molecule has 1 atom stereocenters. The number of methoxy groups -OCH3 is 1. The van der Waals surface area contributed by atoms with E-state index in [1.54, 1.807) is 4.90 Å². The molecule has 1 saturated carbocycles. The maximum Gasteiger partial charge on any atom is 0.328 e. The fraction of sp³-hybridized carbons (Fsp3) is 0.769. The van der Waals surface area contributed by atoms with Gasteiger partial charge in [-0.15, -0.1) is 0 Å². The highest BCUT2D eigenvalue weighted by Crippen LogP contribution is 2.42. The first-order valence-corrected chi connectivity index (χ1v) is 6.45. The average molecular weight is 250 g/mol. The lowest BCUT2D eigenvalue weighted by Crippen LogP contribution is -2.55. The molecule has 0 radical (unpaired) electrons. The fourth-order valence-electron chi connectivity index (χ4n) is 2.73. The van der Waals surface area contributed by atoms with Crippen molar-refractivity contribution in [2.75, 3.05) is 13.7 Å². The molecule has 18 heavy (non-hydrogen) atoms. The van der Waals surface area contributed by atoms with Gasteiger partial charge >= 0.3 is 5.97 Å². The lowest BCUT2D eigenvalue weighted by atomic mass is 9.68. The minimum atomic E-state index is -0.871. The molecule has 0 N–H and O–H groups in total. The number of hydrogen-bond acceptors (Lipinski definition) is 4. The molecule has 0 aromatic carbocycles. The standard InChI is InChI=1S/C13H18N2O3/c1-18-11(16)10-5-2-3-8-15(10)12(17)13(9-14)6-4-7-13/h10H,2-8H2,1H3. The molecule has 1 unspecified atom stereocenters. The van der Waals surface area contributed by atoms with Gasteiger partial charge in [0.25, 0.3) is 0 Å². The molecular formula is C13H18N2O3.